The van der Waals surface area contributed by atoms with Crippen molar-refractivity contribution in [3.8, 4) is 6.07 Å². The van der Waals surface area contributed by atoms with Crippen molar-refractivity contribution in [2.24, 2.45) is 0 Å². The van der Waals surface area contributed by atoms with Crippen LogP contribution in [0.4, 0.5) is 0 Å². The number of aromatic nitrogens is 1. The summed E-state index contributed by atoms with van der Waals surface area (Å²) in [6, 6.07) is 19.1. The zero-order valence-electron chi connectivity index (χ0n) is 15.2. The molecule has 2 aromatic carbocycles. The van der Waals surface area contributed by atoms with Gasteiger partial charge in [-0.3, -0.25) is 9.78 Å². The summed E-state index contributed by atoms with van der Waals surface area (Å²) in [6.45, 7) is 4.63. The summed E-state index contributed by atoms with van der Waals surface area (Å²) in [5.74, 6) is 0.213. The van der Waals surface area contributed by atoms with Crippen LogP contribution in [0.1, 0.15) is 46.9 Å². The molecule has 0 saturated carbocycles. The van der Waals surface area contributed by atoms with E-state index in [9.17, 15) is 4.79 Å². The monoisotopic (exact) mass is 343 g/mol. The van der Waals surface area contributed by atoms with Gasteiger partial charge in [0.1, 0.15) is 0 Å². The number of carbonyl (C=O) groups is 1. The van der Waals surface area contributed by atoms with Crippen LogP contribution in [0.3, 0.4) is 0 Å². The van der Waals surface area contributed by atoms with Crippen LogP contribution in [0, 0.1) is 11.3 Å². The van der Waals surface area contributed by atoms with Crippen molar-refractivity contribution in [1.82, 2.24) is 9.88 Å². The lowest BCUT2D eigenvalue weighted by molar-refractivity contribution is 0.0787. The van der Waals surface area contributed by atoms with Crippen LogP contribution in [-0.4, -0.2) is 22.8 Å². The van der Waals surface area contributed by atoms with Gasteiger partial charge in [0.2, 0.25) is 0 Å². The Kier molecular flexibility index (Phi) is 4.99. The van der Waals surface area contributed by atoms with Crippen molar-refractivity contribution in [3.05, 3.63) is 77.0 Å². The highest BCUT2D eigenvalue weighted by atomic mass is 16.2. The minimum absolute atomic E-state index is 0.0325. The van der Waals surface area contributed by atoms with Crippen LogP contribution in [-0.2, 0) is 6.54 Å². The van der Waals surface area contributed by atoms with Gasteiger partial charge in [0.25, 0.3) is 5.91 Å². The van der Waals surface area contributed by atoms with E-state index in [2.05, 4.69) is 24.9 Å². The Hall–Kier alpha value is -3.19. The predicted molar refractivity (Wildman–Crippen MR) is 103 cm³/mol. The number of benzene rings is 2. The van der Waals surface area contributed by atoms with Gasteiger partial charge >= 0.3 is 0 Å². The van der Waals surface area contributed by atoms with Gasteiger partial charge < -0.3 is 4.90 Å². The average Bonchev–Trinajstić information content (AvgIpc) is 2.67. The first-order chi connectivity index (χ1) is 12.5. The molecule has 0 aliphatic carbocycles. The van der Waals surface area contributed by atoms with Gasteiger partial charge in [-0.05, 0) is 35.7 Å². The maximum Gasteiger partial charge on any atom is 0.254 e. The Bertz CT molecular complexity index is 984. The molecule has 0 atom stereocenters. The molecule has 0 saturated heterocycles. The number of hydrogen-bond donors (Lipinski definition) is 0. The number of rotatable bonds is 4. The normalized spacial score (nSPS) is 10.7. The fourth-order valence-corrected chi connectivity index (χ4v) is 2.90. The fraction of sp³-hybridized carbons (Fsp3) is 0.227. The van der Waals surface area contributed by atoms with Crippen molar-refractivity contribution in [2.45, 2.75) is 26.3 Å². The van der Waals surface area contributed by atoms with E-state index >= 15 is 0 Å². The molecule has 0 aliphatic heterocycles. The van der Waals surface area contributed by atoms with Gasteiger partial charge in [0, 0.05) is 24.7 Å². The Balaban J connectivity index is 1.94. The number of carbonyl (C=O) groups excluding carboxylic acids is 1. The SMILES string of the molecule is CC(C)c1cc(C(=O)N(C)Cc2ccc(C#N)cc2)c2ccccc2n1. The third-order valence-electron chi connectivity index (χ3n) is 4.41. The van der Waals surface area contributed by atoms with Gasteiger partial charge in [-0.15, -0.1) is 0 Å². The number of hydrogen-bond acceptors (Lipinski definition) is 3. The van der Waals surface area contributed by atoms with Crippen LogP contribution >= 0.6 is 0 Å². The van der Waals surface area contributed by atoms with Crippen molar-refractivity contribution < 1.29 is 4.79 Å². The lowest BCUT2D eigenvalue weighted by Gasteiger charge is -2.19. The molecule has 0 N–H and O–H groups in total. The number of nitriles is 1. The number of amides is 1. The van der Waals surface area contributed by atoms with E-state index in [-0.39, 0.29) is 11.8 Å². The second kappa shape index (κ2) is 7.37. The zero-order chi connectivity index (χ0) is 18.7. The van der Waals surface area contributed by atoms with E-state index in [4.69, 9.17) is 5.26 Å². The third kappa shape index (κ3) is 3.57. The molecule has 0 fully saturated rings. The first-order valence-corrected chi connectivity index (χ1v) is 8.63. The summed E-state index contributed by atoms with van der Waals surface area (Å²) in [7, 11) is 1.80. The molecular weight excluding hydrogens is 322 g/mol. The highest BCUT2D eigenvalue weighted by molar-refractivity contribution is 6.06. The van der Waals surface area contributed by atoms with Crippen molar-refractivity contribution in [2.75, 3.05) is 7.05 Å². The molecule has 4 heteroatoms. The van der Waals surface area contributed by atoms with Crippen molar-refractivity contribution >= 4 is 16.8 Å². The molecule has 1 heterocycles. The molecule has 4 nitrogen and oxygen atoms in total. The van der Waals surface area contributed by atoms with Crippen molar-refractivity contribution in [1.29, 1.82) is 5.26 Å². The maximum absolute atomic E-state index is 13.1. The van der Waals surface area contributed by atoms with Gasteiger partial charge in [0.05, 0.1) is 22.7 Å². The molecule has 0 aliphatic rings. The van der Waals surface area contributed by atoms with Gasteiger partial charge in [0.15, 0.2) is 0 Å². The molecular formula is C22H21N3O. The lowest BCUT2D eigenvalue weighted by atomic mass is 10.0. The Morgan fingerprint density at radius 3 is 2.50 bits per heavy atom. The van der Waals surface area contributed by atoms with Gasteiger partial charge in [-0.2, -0.15) is 5.26 Å². The highest BCUT2D eigenvalue weighted by Gasteiger charge is 2.18. The second-order valence-corrected chi connectivity index (χ2v) is 6.74. The lowest BCUT2D eigenvalue weighted by Crippen LogP contribution is -2.26. The summed E-state index contributed by atoms with van der Waals surface area (Å²) in [5.41, 5.74) is 4.04. The van der Waals surface area contributed by atoms with E-state index in [0.717, 1.165) is 22.2 Å². The molecule has 130 valence electrons. The molecule has 3 rings (SSSR count). The number of fused-ring (bicyclic) bond motifs is 1. The molecule has 1 aromatic heterocycles. The van der Waals surface area contributed by atoms with Gasteiger partial charge in [-0.25, -0.2) is 0 Å². The molecule has 3 aromatic rings. The summed E-state index contributed by atoms with van der Waals surface area (Å²) < 4.78 is 0. The van der Waals surface area contributed by atoms with Crippen LogP contribution in [0.15, 0.2) is 54.6 Å². The average molecular weight is 343 g/mol. The first kappa shape index (κ1) is 17.6. The van der Waals surface area contributed by atoms with E-state index in [1.54, 1.807) is 24.1 Å². The summed E-state index contributed by atoms with van der Waals surface area (Å²) >= 11 is 0. The fourth-order valence-electron chi connectivity index (χ4n) is 2.90. The maximum atomic E-state index is 13.1. The molecule has 0 spiro atoms. The molecule has 1 amide bonds. The predicted octanol–water partition coefficient (Wildman–Crippen LogP) is 4.50. The van der Waals surface area contributed by atoms with E-state index in [1.807, 2.05) is 42.5 Å². The number of para-hydroxylation sites is 1. The van der Waals surface area contributed by atoms with Crippen LogP contribution in [0.25, 0.3) is 10.9 Å². The standard InChI is InChI=1S/C22H21N3O/c1-15(2)21-12-19(18-6-4-5-7-20(18)24-21)22(26)25(3)14-17-10-8-16(13-23)9-11-17/h4-12,15H,14H2,1-3H3. The number of nitrogens with zero attached hydrogens (tertiary/aromatic N) is 3. The molecule has 0 radical (unpaired) electrons. The van der Waals surface area contributed by atoms with E-state index in [1.165, 1.54) is 0 Å². The topological polar surface area (TPSA) is 57.0 Å². The minimum atomic E-state index is -0.0325. The first-order valence-electron chi connectivity index (χ1n) is 8.63. The largest absolute Gasteiger partial charge is 0.337 e. The van der Waals surface area contributed by atoms with Crippen LogP contribution < -0.4 is 0 Å². The Labute approximate surface area is 153 Å². The summed E-state index contributed by atoms with van der Waals surface area (Å²) in [5, 5.41) is 9.77. The Morgan fingerprint density at radius 2 is 1.85 bits per heavy atom. The number of pyridine rings is 1. The highest BCUT2D eigenvalue weighted by Crippen LogP contribution is 2.24. The minimum Gasteiger partial charge on any atom is -0.337 e. The van der Waals surface area contributed by atoms with Gasteiger partial charge in [-0.1, -0.05) is 44.2 Å². The van der Waals surface area contributed by atoms with E-state index < -0.39 is 0 Å². The van der Waals surface area contributed by atoms with Crippen molar-refractivity contribution in [3.63, 3.8) is 0 Å². The quantitative estimate of drug-likeness (QED) is 0.701. The van der Waals surface area contributed by atoms with Crippen LogP contribution in [0.5, 0.6) is 0 Å². The molecule has 26 heavy (non-hydrogen) atoms. The zero-order valence-corrected chi connectivity index (χ0v) is 15.2. The summed E-state index contributed by atoms with van der Waals surface area (Å²) in [4.78, 5) is 19.5. The third-order valence-corrected chi connectivity index (χ3v) is 4.41. The second-order valence-electron chi connectivity index (χ2n) is 6.74. The summed E-state index contributed by atoms with van der Waals surface area (Å²) in [6.07, 6.45) is 0. The Morgan fingerprint density at radius 1 is 1.15 bits per heavy atom. The molecule has 0 unspecified atom stereocenters. The van der Waals surface area contributed by atoms with Crippen LogP contribution in [0.2, 0.25) is 0 Å². The van der Waals surface area contributed by atoms with E-state index in [0.29, 0.717) is 17.7 Å². The molecule has 0 bridgehead atoms. The smallest absolute Gasteiger partial charge is 0.254 e.